The third kappa shape index (κ3) is 3.24. The van der Waals surface area contributed by atoms with E-state index >= 15 is 0 Å². The van der Waals surface area contributed by atoms with Crippen molar-refractivity contribution in [2.75, 3.05) is 13.1 Å². The first-order valence-electron chi connectivity index (χ1n) is 6.89. The van der Waals surface area contributed by atoms with Crippen LogP contribution in [0.3, 0.4) is 0 Å². The van der Waals surface area contributed by atoms with E-state index in [0.29, 0.717) is 30.4 Å². The zero-order valence-corrected chi connectivity index (χ0v) is 13.3. The van der Waals surface area contributed by atoms with E-state index in [1.165, 1.54) is 10.4 Å². The van der Waals surface area contributed by atoms with Gasteiger partial charge in [-0.1, -0.05) is 23.7 Å². The van der Waals surface area contributed by atoms with Gasteiger partial charge in [0.05, 0.1) is 11.4 Å². The molecule has 1 saturated heterocycles. The summed E-state index contributed by atoms with van der Waals surface area (Å²) >= 11 is 5.88. The summed E-state index contributed by atoms with van der Waals surface area (Å²) in [4.78, 5) is 4.30. The molecule has 0 amide bonds. The highest BCUT2D eigenvalue weighted by Gasteiger charge is 2.33. The van der Waals surface area contributed by atoms with Crippen LogP contribution >= 0.6 is 11.6 Å². The summed E-state index contributed by atoms with van der Waals surface area (Å²) < 4.78 is 32.3. The van der Waals surface area contributed by atoms with E-state index in [-0.39, 0.29) is 11.0 Å². The van der Waals surface area contributed by atoms with Crippen LogP contribution in [-0.4, -0.2) is 36.9 Å². The number of benzene rings is 1. The molecule has 0 spiro atoms. The Balaban J connectivity index is 1.72. The lowest BCUT2D eigenvalue weighted by Crippen LogP contribution is -2.31. The Kier molecular flexibility index (Phi) is 4.33. The summed E-state index contributed by atoms with van der Waals surface area (Å²) in [5.41, 5.74) is 0. The van der Waals surface area contributed by atoms with Crippen molar-refractivity contribution in [3.05, 3.63) is 53.7 Å². The first-order chi connectivity index (χ1) is 10.6. The molecule has 0 aliphatic carbocycles. The molecule has 1 aliphatic heterocycles. The molecule has 1 atom stereocenters. The second-order valence-corrected chi connectivity index (χ2v) is 7.39. The maximum Gasteiger partial charge on any atom is 0.243 e. The molecule has 0 saturated carbocycles. The molecule has 1 aromatic heterocycles. The number of rotatable bonds is 4. The lowest BCUT2D eigenvalue weighted by atomic mass is 10.3. The smallest absolute Gasteiger partial charge is 0.243 e. The molecule has 1 aromatic carbocycles. The summed E-state index contributed by atoms with van der Waals surface area (Å²) in [6.45, 7) is 0.734. The lowest BCUT2D eigenvalue weighted by Gasteiger charge is -2.17. The van der Waals surface area contributed by atoms with Crippen LogP contribution in [0.15, 0.2) is 53.6 Å². The Morgan fingerprint density at radius 2 is 2.09 bits per heavy atom. The zero-order valence-electron chi connectivity index (χ0n) is 11.7. The van der Waals surface area contributed by atoms with Gasteiger partial charge in [-0.3, -0.25) is 0 Å². The van der Waals surface area contributed by atoms with E-state index in [1.54, 1.807) is 36.5 Å². The minimum Gasteiger partial charge on any atom is -0.473 e. The van der Waals surface area contributed by atoms with Gasteiger partial charge >= 0.3 is 0 Å². The highest BCUT2D eigenvalue weighted by atomic mass is 35.5. The number of aromatic nitrogens is 1. The normalized spacial score (nSPS) is 19.2. The average molecular weight is 339 g/mol. The number of sulfonamides is 1. The van der Waals surface area contributed by atoms with Crippen molar-refractivity contribution in [3.63, 3.8) is 0 Å². The predicted molar refractivity (Wildman–Crippen MR) is 83.5 cm³/mol. The van der Waals surface area contributed by atoms with E-state index in [1.807, 2.05) is 6.07 Å². The fraction of sp³-hybridized carbons (Fsp3) is 0.267. The molecule has 116 valence electrons. The standard InChI is InChI=1S/C15H15ClN2O3S/c16-12-4-3-5-14(10-12)22(19,20)18-9-7-13(11-18)21-15-6-1-2-8-17-15/h1-6,8,10,13H,7,9,11H2. The Bertz CT molecular complexity index is 752. The number of pyridine rings is 1. The van der Waals surface area contributed by atoms with Gasteiger partial charge in [0.15, 0.2) is 0 Å². The van der Waals surface area contributed by atoms with Gasteiger partial charge in [-0.05, 0) is 30.7 Å². The quantitative estimate of drug-likeness (QED) is 0.859. The van der Waals surface area contributed by atoms with Crippen molar-refractivity contribution in [1.82, 2.24) is 9.29 Å². The first kappa shape index (κ1) is 15.3. The zero-order chi connectivity index (χ0) is 15.6. The minimum absolute atomic E-state index is 0.191. The van der Waals surface area contributed by atoms with Crippen LogP contribution in [0.2, 0.25) is 5.02 Å². The minimum atomic E-state index is -3.54. The van der Waals surface area contributed by atoms with E-state index in [2.05, 4.69) is 4.98 Å². The third-order valence-electron chi connectivity index (χ3n) is 3.47. The van der Waals surface area contributed by atoms with Gasteiger partial charge in [0.25, 0.3) is 0 Å². The van der Waals surface area contributed by atoms with Crippen LogP contribution in [0.25, 0.3) is 0 Å². The van der Waals surface area contributed by atoms with Gasteiger partial charge in [-0.15, -0.1) is 0 Å². The molecule has 1 unspecified atom stereocenters. The summed E-state index contributed by atoms with van der Waals surface area (Å²) in [6, 6.07) is 11.7. The van der Waals surface area contributed by atoms with Crippen molar-refractivity contribution in [2.45, 2.75) is 17.4 Å². The lowest BCUT2D eigenvalue weighted by molar-refractivity contribution is 0.207. The molecule has 3 rings (SSSR count). The first-order valence-corrected chi connectivity index (χ1v) is 8.71. The Morgan fingerprint density at radius 1 is 1.23 bits per heavy atom. The second kappa shape index (κ2) is 6.24. The van der Waals surface area contributed by atoms with Crippen LogP contribution in [0.5, 0.6) is 5.88 Å². The summed E-state index contributed by atoms with van der Waals surface area (Å²) in [5, 5.41) is 0.404. The fourth-order valence-corrected chi connectivity index (χ4v) is 4.16. The average Bonchev–Trinajstić information content (AvgIpc) is 2.97. The third-order valence-corrected chi connectivity index (χ3v) is 5.56. The van der Waals surface area contributed by atoms with E-state index in [4.69, 9.17) is 16.3 Å². The van der Waals surface area contributed by atoms with Gasteiger partial charge in [0.1, 0.15) is 6.10 Å². The van der Waals surface area contributed by atoms with Crippen molar-refractivity contribution >= 4 is 21.6 Å². The molecule has 2 heterocycles. The molecular weight excluding hydrogens is 324 g/mol. The van der Waals surface area contributed by atoms with Crippen molar-refractivity contribution in [3.8, 4) is 5.88 Å². The van der Waals surface area contributed by atoms with Crippen LogP contribution in [0.1, 0.15) is 6.42 Å². The number of ether oxygens (including phenoxy) is 1. The van der Waals surface area contributed by atoms with Crippen LogP contribution in [0, 0.1) is 0 Å². The van der Waals surface area contributed by atoms with Gasteiger partial charge < -0.3 is 4.74 Å². The summed E-state index contributed by atoms with van der Waals surface area (Å²) in [6.07, 6.45) is 2.09. The molecule has 1 fully saturated rings. The molecule has 22 heavy (non-hydrogen) atoms. The van der Waals surface area contributed by atoms with E-state index in [0.717, 1.165) is 0 Å². The highest BCUT2D eigenvalue weighted by molar-refractivity contribution is 7.89. The van der Waals surface area contributed by atoms with Gasteiger partial charge in [0, 0.05) is 23.8 Å². The summed E-state index contributed by atoms with van der Waals surface area (Å²) in [5.74, 6) is 0.509. The molecule has 0 N–H and O–H groups in total. The van der Waals surface area contributed by atoms with Crippen LogP contribution in [-0.2, 0) is 10.0 Å². The number of hydrogen-bond acceptors (Lipinski definition) is 4. The SMILES string of the molecule is O=S(=O)(c1cccc(Cl)c1)N1CCC(Oc2ccccn2)C1. The summed E-state index contributed by atoms with van der Waals surface area (Å²) in [7, 11) is -3.54. The molecule has 5 nitrogen and oxygen atoms in total. The predicted octanol–water partition coefficient (Wildman–Crippen LogP) is 2.58. The Labute approximate surface area is 134 Å². The fourth-order valence-electron chi connectivity index (χ4n) is 2.38. The van der Waals surface area contributed by atoms with Crippen LogP contribution < -0.4 is 4.74 Å². The number of halogens is 1. The number of nitrogens with zero attached hydrogens (tertiary/aromatic N) is 2. The second-order valence-electron chi connectivity index (χ2n) is 5.02. The molecule has 2 aromatic rings. The maximum absolute atomic E-state index is 12.6. The maximum atomic E-state index is 12.6. The Hall–Kier alpha value is -1.63. The van der Waals surface area contributed by atoms with E-state index in [9.17, 15) is 8.42 Å². The van der Waals surface area contributed by atoms with Crippen molar-refractivity contribution in [1.29, 1.82) is 0 Å². The molecule has 7 heteroatoms. The number of hydrogen-bond donors (Lipinski definition) is 0. The molecule has 0 radical (unpaired) electrons. The van der Waals surface area contributed by atoms with Crippen LogP contribution in [0.4, 0.5) is 0 Å². The molecule has 1 aliphatic rings. The van der Waals surface area contributed by atoms with Crippen molar-refractivity contribution in [2.24, 2.45) is 0 Å². The van der Waals surface area contributed by atoms with Gasteiger partial charge in [0.2, 0.25) is 15.9 Å². The monoisotopic (exact) mass is 338 g/mol. The molecular formula is C15H15ClN2O3S. The van der Waals surface area contributed by atoms with Crippen molar-refractivity contribution < 1.29 is 13.2 Å². The molecule has 0 bridgehead atoms. The Morgan fingerprint density at radius 3 is 2.82 bits per heavy atom. The van der Waals surface area contributed by atoms with E-state index < -0.39 is 10.0 Å². The largest absolute Gasteiger partial charge is 0.473 e. The van der Waals surface area contributed by atoms with Gasteiger partial charge in [-0.25, -0.2) is 13.4 Å². The topological polar surface area (TPSA) is 59.5 Å². The highest BCUT2D eigenvalue weighted by Crippen LogP contribution is 2.24. The van der Waals surface area contributed by atoms with Gasteiger partial charge in [-0.2, -0.15) is 4.31 Å².